The fourth-order valence-electron chi connectivity index (χ4n) is 3.68. The lowest BCUT2D eigenvalue weighted by atomic mass is 10.2. The van der Waals surface area contributed by atoms with Crippen molar-refractivity contribution in [2.45, 2.75) is 25.5 Å². The molecule has 4 rings (SSSR count). The molecule has 30 heavy (non-hydrogen) atoms. The van der Waals surface area contributed by atoms with E-state index < -0.39 is 0 Å². The van der Waals surface area contributed by atoms with E-state index in [1.54, 1.807) is 18.7 Å². The van der Waals surface area contributed by atoms with Gasteiger partial charge < -0.3 is 19.1 Å². The minimum atomic E-state index is -0.0245. The van der Waals surface area contributed by atoms with Crippen LogP contribution in [0.1, 0.15) is 28.8 Å². The van der Waals surface area contributed by atoms with Gasteiger partial charge in [-0.1, -0.05) is 6.07 Å². The lowest BCUT2D eigenvalue weighted by Crippen LogP contribution is -2.41. The smallest absolute Gasteiger partial charge is 0.255 e. The van der Waals surface area contributed by atoms with Gasteiger partial charge >= 0.3 is 0 Å². The number of imidazole rings is 1. The SMILES string of the molecule is CN(C)CCN(CC1CCCO1)C(=O)c1cnc2c(c1)ncn2Cc1cccnc1. The molecule has 1 aliphatic heterocycles. The molecular weight excluding hydrogens is 380 g/mol. The van der Waals surface area contributed by atoms with Crippen LogP contribution in [-0.4, -0.2) is 81.7 Å². The number of nitrogens with zero attached hydrogens (tertiary/aromatic N) is 6. The molecule has 3 aromatic rings. The van der Waals surface area contributed by atoms with Crippen molar-refractivity contribution < 1.29 is 9.53 Å². The van der Waals surface area contributed by atoms with Gasteiger partial charge in [0, 0.05) is 44.8 Å². The quantitative estimate of drug-likeness (QED) is 0.568. The molecule has 0 aromatic carbocycles. The van der Waals surface area contributed by atoms with Crippen molar-refractivity contribution in [2.75, 3.05) is 40.3 Å². The van der Waals surface area contributed by atoms with E-state index in [9.17, 15) is 4.79 Å². The van der Waals surface area contributed by atoms with E-state index in [1.807, 2.05) is 48.0 Å². The van der Waals surface area contributed by atoms with Crippen LogP contribution in [-0.2, 0) is 11.3 Å². The molecule has 1 amide bonds. The number of aromatic nitrogens is 4. The van der Waals surface area contributed by atoms with Gasteiger partial charge in [-0.25, -0.2) is 9.97 Å². The summed E-state index contributed by atoms with van der Waals surface area (Å²) in [6.07, 6.45) is 9.18. The highest BCUT2D eigenvalue weighted by atomic mass is 16.5. The second kappa shape index (κ2) is 9.32. The van der Waals surface area contributed by atoms with E-state index >= 15 is 0 Å². The number of amides is 1. The average molecular weight is 409 g/mol. The highest BCUT2D eigenvalue weighted by Gasteiger charge is 2.24. The van der Waals surface area contributed by atoms with Crippen LogP contribution in [0.4, 0.5) is 0 Å². The largest absolute Gasteiger partial charge is 0.376 e. The Morgan fingerprint density at radius 2 is 2.17 bits per heavy atom. The van der Waals surface area contributed by atoms with Gasteiger partial charge in [0.05, 0.1) is 24.5 Å². The molecule has 158 valence electrons. The number of hydrogen-bond donors (Lipinski definition) is 0. The molecule has 1 aliphatic rings. The van der Waals surface area contributed by atoms with Crippen molar-refractivity contribution in [3.8, 4) is 0 Å². The van der Waals surface area contributed by atoms with Crippen LogP contribution in [0.15, 0.2) is 43.1 Å². The van der Waals surface area contributed by atoms with Crippen LogP contribution in [0.3, 0.4) is 0 Å². The molecule has 8 heteroatoms. The summed E-state index contributed by atoms with van der Waals surface area (Å²) < 4.78 is 7.73. The van der Waals surface area contributed by atoms with Crippen molar-refractivity contribution in [1.82, 2.24) is 29.3 Å². The summed E-state index contributed by atoms with van der Waals surface area (Å²) in [4.78, 5) is 30.4. The van der Waals surface area contributed by atoms with E-state index in [4.69, 9.17) is 4.74 Å². The van der Waals surface area contributed by atoms with Gasteiger partial charge in [-0.05, 0) is 44.6 Å². The monoisotopic (exact) mass is 408 g/mol. The predicted octanol–water partition coefficient (Wildman–Crippen LogP) is 2.06. The minimum absolute atomic E-state index is 0.0245. The van der Waals surface area contributed by atoms with Crippen molar-refractivity contribution in [3.63, 3.8) is 0 Å². The first-order valence-corrected chi connectivity index (χ1v) is 10.4. The molecule has 3 aromatic heterocycles. The molecule has 4 heterocycles. The molecule has 0 spiro atoms. The number of hydrogen-bond acceptors (Lipinski definition) is 6. The maximum absolute atomic E-state index is 13.3. The number of pyridine rings is 2. The highest BCUT2D eigenvalue weighted by molar-refractivity contribution is 5.96. The van der Waals surface area contributed by atoms with Crippen LogP contribution in [0.5, 0.6) is 0 Å². The maximum Gasteiger partial charge on any atom is 0.255 e. The summed E-state index contributed by atoms with van der Waals surface area (Å²) in [7, 11) is 4.02. The van der Waals surface area contributed by atoms with Gasteiger partial charge in [0.2, 0.25) is 0 Å². The first kappa shape index (κ1) is 20.4. The summed E-state index contributed by atoms with van der Waals surface area (Å²) in [5, 5.41) is 0. The number of carbonyl (C=O) groups is 1. The van der Waals surface area contributed by atoms with Crippen LogP contribution in [0.25, 0.3) is 11.2 Å². The molecule has 0 N–H and O–H groups in total. The lowest BCUT2D eigenvalue weighted by Gasteiger charge is -2.26. The van der Waals surface area contributed by atoms with E-state index in [0.29, 0.717) is 25.2 Å². The van der Waals surface area contributed by atoms with Gasteiger partial charge in [0.15, 0.2) is 5.65 Å². The lowest BCUT2D eigenvalue weighted by molar-refractivity contribution is 0.0512. The number of carbonyl (C=O) groups excluding carboxylic acids is 1. The number of fused-ring (bicyclic) bond motifs is 1. The Bertz CT molecular complexity index is 982. The Labute approximate surface area is 176 Å². The van der Waals surface area contributed by atoms with Crippen LogP contribution in [0.2, 0.25) is 0 Å². The van der Waals surface area contributed by atoms with Crippen molar-refractivity contribution in [2.24, 2.45) is 0 Å². The second-order valence-corrected chi connectivity index (χ2v) is 7.99. The van der Waals surface area contributed by atoms with E-state index in [0.717, 1.165) is 42.7 Å². The number of rotatable bonds is 8. The third kappa shape index (κ3) is 4.83. The summed E-state index contributed by atoms with van der Waals surface area (Å²) >= 11 is 0. The van der Waals surface area contributed by atoms with Crippen molar-refractivity contribution in [3.05, 3.63) is 54.2 Å². The van der Waals surface area contributed by atoms with Gasteiger partial charge in [-0.15, -0.1) is 0 Å². The van der Waals surface area contributed by atoms with E-state index in [2.05, 4.69) is 19.9 Å². The fourth-order valence-corrected chi connectivity index (χ4v) is 3.68. The molecule has 0 saturated carbocycles. The molecule has 0 aliphatic carbocycles. The minimum Gasteiger partial charge on any atom is -0.376 e. The van der Waals surface area contributed by atoms with Crippen molar-refractivity contribution >= 4 is 17.1 Å². The van der Waals surface area contributed by atoms with Gasteiger partial charge in [-0.3, -0.25) is 9.78 Å². The summed E-state index contributed by atoms with van der Waals surface area (Å²) in [5.74, 6) is -0.0245. The number of likely N-dealkylation sites (N-methyl/N-ethyl adjacent to an activating group) is 1. The summed E-state index contributed by atoms with van der Waals surface area (Å²) in [6, 6.07) is 5.77. The Morgan fingerprint density at radius 1 is 1.27 bits per heavy atom. The third-order valence-electron chi connectivity index (χ3n) is 5.33. The van der Waals surface area contributed by atoms with Crippen molar-refractivity contribution in [1.29, 1.82) is 0 Å². The topological polar surface area (TPSA) is 76.4 Å². The fraction of sp³-hybridized carbons (Fsp3) is 0.455. The van der Waals surface area contributed by atoms with Crippen LogP contribution < -0.4 is 0 Å². The van der Waals surface area contributed by atoms with Crippen LogP contribution >= 0.6 is 0 Å². The molecule has 1 atom stereocenters. The highest BCUT2D eigenvalue weighted by Crippen LogP contribution is 2.18. The zero-order chi connectivity index (χ0) is 20.9. The average Bonchev–Trinajstić information content (AvgIpc) is 3.41. The Balaban J connectivity index is 1.53. The molecule has 0 radical (unpaired) electrons. The Hall–Kier alpha value is -2.84. The van der Waals surface area contributed by atoms with Gasteiger partial charge in [0.1, 0.15) is 5.52 Å². The standard InChI is InChI=1S/C22H28N6O2/c1-26(2)8-9-27(15-19-6-4-10-30-19)22(29)18-11-20-21(24-13-18)28(16-25-20)14-17-5-3-7-23-12-17/h3,5,7,11-13,16,19H,4,6,8-10,14-15H2,1-2H3. The first-order chi connectivity index (χ1) is 14.6. The molecule has 0 bridgehead atoms. The number of ether oxygens (including phenoxy) is 1. The molecular formula is C22H28N6O2. The van der Waals surface area contributed by atoms with Gasteiger partial charge in [0.25, 0.3) is 5.91 Å². The predicted molar refractivity (Wildman–Crippen MR) is 114 cm³/mol. The zero-order valence-electron chi connectivity index (χ0n) is 17.6. The molecule has 8 nitrogen and oxygen atoms in total. The van der Waals surface area contributed by atoms with E-state index in [-0.39, 0.29) is 12.0 Å². The summed E-state index contributed by atoms with van der Waals surface area (Å²) in [5.41, 5.74) is 3.11. The van der Waals surface area contributed by atoms with E-state index in [1.165, 1.54) is 0 Å². The zero-order valence-corrected chi connectivity index (χ0v) is 17.6. The maximum atomic E-state index is 13.3. The molecule has 1 unspecified atom stereocenters. The summed E-state index contributed by atoms with van der Waals surface area (Å²) in [6.45, 7) is 3.48. The van der Waals surface area contributed by atoms with Gasteiger partial charge in [-0.2, -0.15) is 0 Å². The molecule has 1 saturated heterocycles. The second-order valence-electron chi connectivity index (χ2n) is 7.99. The normalized spacial score (nSPS) is 16.4. The third-order valence-corrected chi connectivity index (χ3v) is 5.33. The Kier molecular flexibility index (Phi) is 6.35. The Morgan fingerprint density at radius 3 is 2.90 bits per heavy atom. The molecule has 1 fully saturated rings. The first-order valence-electron chi connectivity index (χ1n) is 10.4. The van der Waals surface area contributed by atoms with Crippen LogP contribution in [0, 0.1) is 0 Å².